The van der Waals surface area contributed by atoms with Gasteiger partial charge in [0.15, 0.2) is 23.2 Å². The van der Waals surface area contributed by atoms with Crippen LogP contribution in [-0.4, -0.2) is 6.61 Å². The van der Waals surface area contributed by atoms with Gasteiger partial charge in [0.1, 0.15) is 0 Å². The molecule has 0 heterocycles. The molecule has 0 N–H and O–H groups in total. The minimum Gasteiger partial charge on any atom is -0.490 e. The van der Waals surface area contributed by atoms with Gasteiger partial charge in [0, 0.05) is 11.1 Å². The zero-order valence-electron chi connectivity index (χ0n) is 29.0. The lowest BCUT2D eigenvalue weighted by Crippen LogP contribution is -2.25. The van der Waals surface area contributed by atoms with Crippen LogP contribution in [0.3, 0.4) is 0 Å². The number of hydrogen-bond acceptors (Lipinski definition) is 1. The van der Waals surface area contributed by atoms with E-state index in [0.717, 1.165) is 56.8 Å². The Morgan fingerprint density at radius 2 is 1.19 bits per heavy atom. The lowest BCUT2D eigenvalue weighted by atomic mass is 9.68. The minimum atomic E-state index is -1.01. The van der Waals surface area contributed by atoms with Crippen LogP contribution in [0.15, 0.2) is 60.7 Å². The number of allylic oxidation sites excluding steroid dienone is 2. The second kappa shape index (κ2) is 18.1. The van der Waals surface area contributed by atoms with Crippen molar-refractivity contribution in [3.05, 3.63) is 89.5 Å². The number of rotatable bonds is 15. The number of benzene rings is 3. The third-order valence-electron chi connectivity index (χ3n) is 11.2. The standard InChI is InChI=1S/C43H54F4O/c1-3-5-7-8-9-11-29-48-39-28-27-38(42(46)43(39)47)35-23-21-34(22-24-35)37-26-25-36(40(44)41(37)45)33-19-17-32(18-20-33)31-15-13-30(14-16-31)12-10-6-4-2/h4,6,21-28,30-33H,3,5,7-20,29H2,1-2H3. The predicted molar refractivity (Wildman–Crippen MR) is 190 cm³/mol. The topological polar surface area (TPSA) is 9.23 Å². The molecule has 5 heteroatoms. The van der Waals surface area contributed by atoms with Gasteiger partial charge in [0.2, 0.25) is 5.82 Å². The second-order valence-corrected chi connectivity index (χ2v) is 14.3. The Kier molecular flexibility index (Phi) is 13.6. The maximum atomic E-state index is 15.5. The first-order valence-electron chi connectivity index (χ1n) is 18.7. The third-order valence-corrected chi connectivity index (χ3v) is 11.2. The fourth-order valence-corrected chi connectivity index (χ4v) is 8.21. The van der Waals surface area contributed by atoms with Crippen LogP contribution in [-0.2, 0) is 0 Å². The van der Waals surface area contributed by atoms with Crippen molar-refractivity contribution in [2.45, 2.75) is 122 Å². The molecule has 0 bridgehead atoms. The summed E-state index contributed by atoms with van der Waals surface area (Å²) in [4.78, 5) is 0. The van der Waals surface area contributed by atoms with Gasteiger partial charge in [0.25, 0.3) is 0 Å². The van der Waals surface area contributed by atoms with Gasteiger partial charge in [-0.3, -0.25) is 0 Å². The van der Waals surface area contributed by atoms with Crippen LogP contribution in [0.4, 0.5) is 17.6 Å². The molecule has 0 radical (unpaired) electrons. The molecule has 2 saturated carbocycles. The molecule has 2 aliphatic rings. The molecule has 1 nitrogen and oxygen atoms in total. The highest BCUT2D eigenvalue weighted by Gasteiger charge is 2.32. The predicted octanol–water partition coefficient (Wildman–Crippen LogP) is 13.8. The van der Waals surface area contributed by atoms with Crippen molar-refractivity contribution in [3.63, 3.8) is 0 Å². The minimum absolute atomic E-state index is 0.0416. The van der Waals surface area contributed by atoms with Crippen molar-refractivity contribution in [1.29, 1.82) is 0 Å². The average molecular weight is 663 g/mol. The molecule has 0 atom stereocenters. The van der Waals surface area contributed by atoms with E-state index in [4.69, 9.17) is 4.74 Å². The van der Waals surface area contributed by atoms with Crippen LogP contribution < -0.4 is 4.74 Å². The van der Waals surface area contributed by atoms with Crippen molar-refractivity contribution in [3.8, 4) is 28.0 Å². The van der Waals surface area contributed by atoms with E-state index in [2.05, 4.69) is 26.0 Å². The van der Waals surface area contributed by atoms with Gasteiger partial charge < -0.3 is 4.74 Å². The van der Waals surface area contributed by atoms with Crippen molar-refractivity contribution in [2.24, 2.45) is 17.8 Å². The van der Waals surface area contributed by atoms with Crippen LogP contribution in [0.1, 0.15) is 128 Å². The summed E-state index contributed by atoms with van der Waals surface area (Å²) in [6, 6.07) is 12.9. The summed E-state index contributed by atoms with van der Waals surface area (Å²) in [5, 5.41) is 0. The van der Waals surface area contributed by atoms with Crippen LogP contribution >= 0.6 is 0 Å². The highest BCUT2D eigenvalue weighted by molar-refractivity contribution is 5.72. The van der Waals surface area contributed by atoms with Gasteiger partial charge >= 0.3 is 0 Å². The van der Waals surface area contributed by atoms with E-state index in [-0.39, 0.29) is 22.8 Å². The summed E-state index contributed by atoms with van der Waals surface area (Å²) in [5.74, 6) is -1.30. The molecule has 2 aliphatic carbocycles. The maximum absolute atomic E-state index is 15.5. The quantitative estimate of drug-likeness (QED) is 0.0894. The molecule has 0 aliphatic heterocycles. The highest BCUT2D eigenvalue weighted by Crippen LogP contribution is 2.45. The van der Waals surface area contributed by atoms with Crippen LogP contribution in [0, 0.1) is 41.0 Å². The summed E-state index contributed by atoms with van der Waals surface area (Å²) in [5.41, 5.74) is 1.70. The fraction of sp³-hybridized carbons (Fsp3) is 0.535. The van der Waals surface area contributed by atoms with Crippen LogP contribution in [0.5, 0.6) is 5.75 Å². The number of unbranched alkanes of at least 4 members (excludes halogenated alkanes) is 5. The van der Waals surface area contributed by atoms with Gasteiger partial charge in [-0.1, -0.05) is 100 Å². The molecule has 260 valence electrons. The molecule has 3 aromatic carbocycles. The molecular formula is C43H54F4O. The molecule has 48 heavy (non-hydrogen) atoms. The Morgan fingerprint density at radius 1 is 0.625 bits per heavy atom. The molecule has 2 fully saturated rings. The molecule has 0 unspecified atom stereocenters. The number of ether oxygens (including phenoxy) is 1. The second-order valence-electron chi connectivity index (χ2n) is 14.3. The Balaban J connectivity index is 1.16. The molecule has 3 aromatic rings. The summed E-state index contributed by atoms with van der Waals surface area (Å²) >= 11 is 0. The van der Waals surface area contributed by atoms with E-state index in [1.54, 1.807) is 36.4 Å². The Labute approximate surface area is 286 Å². The maximum Gasteiger partial charge on any atom is 0.201 e. The van der Waals surface area contributed by atoms with Crippen LogP contribution in [0.25, 0.3) is 22.3 Å². The van der Waals surface area contributed by atoms with E-state index in [9.17, 15) is 4.39 Å². The highest BCUT2D eigenvalue weighted by atomic mass is 19.2. The first-order chi connectivity index (χ1) is 23.4. The molecule has 5 rings (SSSR count). The largest absolute Gasteiger partial charge is 0.490 e. The lowest BCUT2D eigenvalue weighted by Gasteiger charge is -2.38. The van der Waals surface area contributed by atoms with E-state index < -0.39 is 23.3 Å². The van der Waals surface area contributed by atoms with Crippen molar-refractivity contribution in [2.75, 3.05) is 6.61 Å². The van der Waals surface area contributed by atoms with Gasteiger partial charge in [-0.25, -0.2) is 13.2 Å². The molecule has 0 aromatic heterocycles. The van der Waals surface area contributed by atoms with Gasteiger partial charge in [-0.05, 0) is 117 Å². The van der Waals surface area contributed by atoms with Gasteiger partial charge in [-0.15, -0.1) is 0 Å². The van der Waals surface area contributed by atoms with Crippen molar-refractivity contribution >= 4 is 0 Å². The summed E-state index contributed by atoms with van der Waals surface area (Å²) in [6.45, 7) is 4.60. The fourth-order valence-electron chi connectivity index (χ4n) is 8.21. The smallest absolute Gasteiger partial charge is 0.201 e. The van der Waals surface area contributed by atoms with Gasteiger partial charge in [0.05, 0.1) is 6.61 Å². The SMILES string of the molecule is CC=CCCC1CCC(C2CCC(c3ccc(-c4ccc(-c5ccc(OCCCCCCCC)c(F)c5F)cc4)c(F)c3F)CC2)CC1. The van der Waals surface area contributed by atoms with E-state index >= 15 is 13.2 Å². The zero-order valence-corrected chi connectivity index (χ0v) is 29.0. The van der Waals surface area contributed by atoms with E-state index in [0.29, 0.717) is 29.2 Å². The van der Waals surface area contributed by atoms with Gasteiger partial charge in [-0.2, -0.15) is 4.39 Å². The Morgan fingerprint density at radius 3 is 1.81 bits per heavy atom. The van der Waals surface area contributed by atoms with Crippen molar-refractivity contribution < 1.29 is 22.3 Å². The average Bonchev–Trinajstić information content (AvgIpc) is 3.11. The first-order valence-corrected chi connectivity index (χ1v) is 18.7. The Bertz CT molecular complexity index is 1460. The summed E-state index contributed by atoms with van der Waals surface area (Å²) < 4.78 is 66.5. The number of halogens is 4. The molecule has 0 spiro atoms. The third kappa shape index (κ3) is 9.12. The Hall–Kier alpha value is -3.08. The summed E-state index contributed by atoms with van der Waals surface area (Å²) in [7, 11) is 0. The molecule has 0 saturated heterocycles. The normalized spacial score (nSPS) is 21.5. The number of hydrogen-bond donors (Lipinski definition) is 0. The zero-order chi connectivity index (χ0) is 33.9. The summed E-state index contributed by atoms with van der Waals surface area (Å²) in [6.07, 6.45) is 22.7. The first kappa shape index (κ1) is 36.2. The van der Waals surface area contributed by atoms with E-state index in [1.807, 2.05) is 0 Å². The lowest BCUT2D eigenvalue weighted by molar-refractivity contribution is 0.156. The van der Waals surface area contributed by atoms with E-state index in [1.165, 1.54) is 69.9 Å². The van der Waals surface area contributed by atoms with Crippen LogP contribution in [0.2, 0.25) is 0 Å². The van der Waals surface area contributed by atoms with Crippen molar-refractivity contribution in [1.82, 2.24) is 0 Å². The molecular weight excluding hydrogens is 608 g/mol. The monoisotopic (exact) mass is 662 g/mol. The molecule has 0 amide bonds.